The number of nitrogens with zero attached hydrogens (tertiary/aromatic N) is 1. The van der Waals surface area contributed by atoms with Gasteiger partial charge in [0.05, 0.1) is 5.69 Å². The Labute approximate surface area is 94.7 Å². The Hall–Kier alpha value is -1.77. The Morgan fingerprint density at radius 2 is 2.12 bits per heavy atom. The lowest BCUT2D eigenvalue weighted by Crippen LogP contribution is -2.14. The first-order valence-electron chi connectivity index (χ1n) is 5.48. The van der Waals surface area contributed by atoms with E-state index in [4.69, 9.17) is 0 Å². The summed E-state index contributed by atoms with van der Waals surface area (Å²) in [5.74, 6) is 0. The summed E-state index contributed by atoms with van der Waals surface area (Å²) in [6.45, 7) is 4.06. The van der Waals surface area contributed by atoms with Gasteiger partial charge in [0.1, 0.15) is 0 Å². The lowest BCUT2D eigenvalue weighted by atomic mass is 10.0. The van der Waals surface area contributed by atoms with Crippen LogP contribution in [0.3, 0.4) is 0 Å². The van der Waals surface area contributed by atoms with Crippen LogP contribution in [0.25, 0.3) is 11.3 Å². The van der Waals surface area contributed by atoms with E-state index in [2.05, 4.69) is 24.2 Å². The van der Waals surface area contributed by atoms with Crippen LogP contribution in [0.4, 0.5) is 0 Å². The predicted molar refractivity (Wildman–Crippen MR) is 65.6 cm³/mol. The fourth-order valence-electron chi connectivity index (χ4n) is 1.96. The molecule has 0 atom stereocenters. The summed E-state index contributed by atoms with van der Waals surface area (Å²) in [6.07, 6.45) is 0.749. The van der Waals surface area contributed by atoms with Crippen LogP contribution in [0.1, 0.15) is 18.1 Å². The molecular weight excluding hydrogens is 200 g/mol. The van der Waals surface area contributed by atoms with Crippen molar-refractivity contribution in [2.24, 2.45) is 7.05 Å². The molecule has 1 aromatic heterocycles. The Morgan fingerprint density at radius 1 is 1.38 bits per heavy atom. The summed E-state index contributed by atoms with van der Waals surface area (Å²) in [6, 6.07) is 8.17. The van der Waals surface area contributed by atoms with E-state index in [-0.39, 0.29) is 5.56 Å². The fraction of sp³-hybridized carbons (Fsp3) is 0.308. The Morgan fingerprint density at radius 3 is 2.75 bits per heavy atom. The quantitative estimate of drug-likeness (QED) is 0.821. The number of nitrogens with one attached hydrogen (secondary N) is 1. The second-order valence-corrected chi connectivity index (χ2v) is 4.05. The zero-order valence-electron chi connectivity index (χ0n) is 9.87. The monoisotopic (exact) mass is 216 g/mol. The number of aromatic amines is 1. The van der Waals surface area contributed by atoms with Gasteiger partial charge >= 0.3 is 0 Å². The van der Waals surface area contributed by atoms with Gasteiger partial charge in [-0.3, -0.25) is 14.6 Å². The summed E-state index contributed by atoms with van der Waals surface area (Å²) in [5.41, 5.74) is 4.14. The number of hydrogen-bond acceptors (Lipinski definition) is 1. The van der Waals surface area contributed by atoms with Crippen molar-refractivity contribution in [3.05, 3.63) is 45.7 Å². The van der Waals surface area contributed by atoms with Crippen molar-refractivity contribution in [2.75, 3.05) is 0 Å². The molecule has 1 aromatic carbocycles. The van der Waals surface area contributed by atoms with Gasteiger partial charge in [-0.1, -0.05) is 30.7 Å². The lowest BCUT2D eigenvalue weighted by Gasteiger charge is -2.01. The van der Waals surface area contributed by atoms with E-state index in [1.165, 1.54) is 10.2 Å². The minimum atomic E-state index is 0.0685. The summed E-state index contributed by atoms with van der Waals surface area (Å²) in [5, 5.41) is 3.11. The molecule has 0 fully saturated rings. The van der Waals surface area contributed by atoms with E-state index < -0.39 is 0 Å². The molecule has 2 rings (SSSR count). The molecule has 0 aliphatic carbocycles. The van der Waals surface area contributed by atoms with Crippen LogP contribution in [0.2, 0.25) is 0 Å². The van der Waals surface area contributed by atoms with Crippen molar-refractivity contribution in [1.82, 2.24) is 9.78 Å². The van der Waals surface area contributed by atoms with Crippen LogP contribution >= 0.6 is 0 Å². The van der Waals surface area contributed by atoms with Gasteiger partial charge < -0.3 is 0 Å². The molecule has 84 valence electrons. The third-order valence-corrected chi connectivity index (χ3v) is 2.80. The molecule has 3 heteroatoms. The van der Waals surface area contributed by atoms with Gasteiger partial charge in [0.2, 0.25) is 0 Å². The van der Waals surface area contributed by atoms with Gasteiger partial charge in [0, 0.05) is 18.2 Å². The van der Waals surface area contributed by atoms with Gasteiger partial charge in [-0.05, 0) is 19.4 Å². The molecule has 2 aromatic rings. The standard InChI is InChI=1S/C13H16N2O/c1-4-11-12(14-15(3)13(11)16)10-7-5-6-9(2)8-10/h5-8,14H,4H2,1-3H3. The third-order valence-electron chi connectivity index (χ3n) is 2.80. The van der Waals surface area contributed by atoms with Crippen LogP contribution < -0.4 is 5.56 Å². The zero-order valence-corrected chi connectivity index (χ0v) is 9.87. The smallest absolute Gasteiger partial charge is 0.270 e. The normalized spacial score (nSPS) is 10.7. The zero-order chi connectivity index (χ0) is 11.7. The van der Waals surface area contributed by atoms with Crippen LogP contribution in [0.15, 0.2) is 29.1 Å². The molecule has 16 heavy (non-hydrogen) atoms. The highest BCUT2D eigenvalue weighted by molar-refractivity contribution is 5.63. The molecule has 0 saturated carbocycles. The maximum absolute atomic E-state index is 11.8. The van der Waals surface area contributed by atoms with Crippen molar-refractivity contribution in [2.45, 2.75) is 20.3 Å². The second kappa shape index (κ2) is 4.00. The van der Waals surface area contributed by atoms with E-state index in [0.717, 1.165) is 23.2 Å². The third kappa shape index (κ3) is 1.69. The van der Waals surface area contributed by atoms with Crippen LogP contribution in [0, 0.1) is 6.92 Å². The highest BCUT2D eigenvalue weighted by Crippen LogP contribution is 2.20. The van der Waals surface area contributed by atoms with Crippen LogP contribution in [-0.4, -0.2) is 9.78 Å². The van der Waals surface area contributed by atoms with E-state index in [1.54, 1.807) is 7.05 Å². The van der Waals surface area contributed by atoms with Gasteiger partial charge in [-0.25, -0.2) is 0 Å². The number of rotatable bonds is 2. The predicted octanol–water partition coefficient (Wildman–Crippen LogP) is 2.25. The number of aromatic nitrogens is 2. The maximum Gasteiger partial charge on any atom is 0.270 e. The van der Waals surface area contributed by atoms with Crippen molar-refractivity contribution >= 4 is 0 Å². The molecule has 0 bridgehead atoms. The van der Waals surface area contributed by atoms with E-state index in [1.807, 2.05) is 19.1 Å². The van der Waals surface area contributed by atoms with E-state index in [0.29, 0.717) is 0 Å². The highest BCUT2D eigenvalue weighted by atomic mass is 16.1. The van der Waals surface area contributed by atoms with Crippen LogP contribution in [0.5, 0.6) is 0 Å². The molecule has 1 N–H and O–H groups in total. The van der Waals surface area contributed by atoms with E-state index >= 15 is 0 Å². The lowest BCUT2D eigenvalue weighted by molar-refractivity contribution is 0.740. The minimum absolute atomic E-state index is 0.0685. The SMILES string of the molecule is CCc1c(-c2cccc(C)c2)[nH]n(C)c1=O. The van der Waals surface area contributed by atoms with Crippen molar-refractivity contribution in [3.8, 4) is 11.3 Å². The topological polar surface area (TPSA) is 37.8 Å². The molecule has 0 aliphatic heterocycles. The average molecular weight is 216 g/mol. The molecule has 0 amide bonds. The van der Waals surface area contributed by atoms with Gasteiger partial charge in [0.15, 0.2) is 0 Å². The summed E-state index contributed by atoms with van der Waals surface area (Å²) in [7, 11) is 1.75. The number of benzene rings is 1. The molecule has 0 aliphatic rings. The van der Waals surface area contributed by atoms with Gasteiger partial charge in [-0.2, -0.15) is 0 Å². The first-order valence-corrected chi connectivity index (χ1v) is 5.48. The summed E-state index contributed by atoms with van der Waals surface area (Å²) in [4.78, 5) is 11.8. The molecule has 0 spiro atoms. The van der Waals surface area contributed by atoms with Gasteiger partial charge in [0.25, 0.3) is 5.56 Å². The Balaban J connectivity index is 2.64. The summed E-state index contributed by atoms with van der Waals surface area (Å²) >= 11 is 0. The Kier molecular flexibility index (Phi) is 2.69. The van der Waals surface area contributed by atoms with Crippen LogP contribution in [-0.2, 0) is 13.5 Å². The molecule has 0 unspecified atom stereocenters. The van der Waals surface area contributed by atoms with Crippen molar-refractivity contribution < 1.29 is 0 Å². The molecular formula is C13H16N2O. The largest absolute Gasteiger partial charge is 0.295 e. The van der Waals surface area contributed by atoms with Crippen molar-refractivity contribution in [1.29, 1.82) is 0 Å². The average Bonchev–Trinajstić information content (AvgIpc) is 2.55. The van der Waals surface area contributed by atoms with Gasteiger partial charge in [-0.15, -0.1) is 0 Å². The highest BCUT2D eigenvalue weighted by Gasteiger charge is 2.11. The summed E-state index contributed by atoms with van der Waals surface area (Å²) < 4.78 is 1.54. The molecule has 3 nitrogen and oxygen atoms in total. The number of H-pyrrole nitrogens is 1. The Bertz CT molecular complexity index is 564. The first kappa shape index (κ1) is 10.7. The second-order valence-electron chi connectivity index (χ2n) is 4.05. The van der Waals surface area contributed by atoms with E-state index in [9.17, 15) is 4.79 Å². The van der Waals surface area contributed by atoms with Crippen molar-refractivity contribution in [3.63, 3.8) is 0 Å². The number of aryl methyl sites for hydroxylation is 2. The number of hydrogen-bond donors (Lipinski definition) is 1. The molecule has 1 heterocycles. The fourth-order valence-corrected chi connectivity index (χ4v) is 1.96. The maximum atomic E-state index is 11.8. The minimum Gasteiger partial charge on any atom is -0.295 e. The molecule has 0 radical (unpaired) electrons. The first-order chi connectivity index (χ1) is 7.63. The molecule has 0 saturated heterocycles.